The van der Waals surface area contributed by atoms with E-state index in [2.05, 4.69) is 44.7 Å². The summed E-state index contributed by atoms with van der Waals surface area (Å²) in [4.78, 5) is 70.2. The molecule has 4 rings (SSSR count). The predicted octanol–water partition coefficient (Wildman–Crippen LogP) is 0.708. The standard InChI is InChI=1S/C38H55N7O8/c46-34(39-32-11-15-41(16-12-32)23-30-7-3-1-4-8-30)25-44(28-37(50)51)21-19-43(27-36(48)49)20-22-45(29-38(52)53)26-35(47)40-33-13-17-42(18-14-33)24-31-9-5-2-6-10-31/h1-10,32-33H,11-29H2,(H,39,46)(H,40,47)(H,48,49)(H,50,51)(H,52,53). The number of carbonyl (C=O) groups is 5. The second-order valence-electron chi connectivity index (χ2n) is 14.1. The zero-order valence-electron chi connectivity index (χ0n) is 30.5. The number of piperidine rings is 2. The molecule has 2 amide bonds. The van der Waals surface area contributed by atoms with Crippen molar-refractivity contribution in [3.8, 4) is 0 Å². The van der Waals surface area contributed by atoms with E-state index in [1.807, 2.05) is 36.4 Å². The summed E-state index contributed by atoms with van der Waals surface area (Å²) in [7, 11) is 0. The van der Waals surface area contributed by atoms with Crippen molar-refractivity contribution in [1.29, 1.82) is 0 Å². The van der Waals surface area contributed by atoms with E-state index in [0.717, 1.165) is 65.0 Å². The maximum Gasteiger partial charge on any atom is 0.317 e. The van der Waals surface area contributed by atoms with Gasteiger partial charge >= 0.3 is 17.9 Å². The minimum Gasteiger partial charge on any atom is -0.480 e. The van der Waals surface area contributed by atoms with Crippen molar-refractivity contribution in [2.24, 2.45) is 0 Å². The normalized spacial score (nSPS) is 16.2. The molecule has 2 saturated heterocycles. The van der Waals surface area contributed by atoms with Crippen LogP contribution in [0.25, 0.3) is 0 Å². The number of likely N-dealkylation sites (tertiary alicyclic amines) is 2. The van der Waals surface area contributed by atoms with Gasteiger partial charge in [0.15, 0.2) is 0 Å². The summed E-state index contributed by atoms with van der Waals surface area (Å²) >= 11 is 0. The summed E-state index contributed by atoms with van der Waals surface area (Å²) in [5.41, 5.74) is 2.47. The zero-order valence-corrected chi connectivity index (χ0v) is 30.5. The Balaban J connectivity index is 1.21. The number of benzene rings is 2. The van der Waals surface area contributed by atoms with E-state index < -0.39 is 31.0 Å². The largest absolute Gasteiger partial charge is 0.480 e. The number of aliphatic carboxylic acids is 3. The summed E-state index contributed by atoms with van der Waals surface area (Å²) in [6.45, 7) is 3.97. The van der Waals surface area contributed by atoms with Gasteiger partial charge in [-0.1, -0.05) is 60.7 Å². The Morgan fingerprint density at radius 2 is 0.830 bits per heavy atom. The maximum absolute atomic E-state index is 13.0. The van der Waals surface area contributed by atoms with Crippen LogP contribution in [0.1, 0.15) is 36.8 Å². The van der Waals surface area contributed by atoms with Gasteiger partial charge < -0.3 is 26.0 Å². The number of rotatable bonds is 22. The molecule has 0 radical (unpaired) electrons. The lowest BCUT2D eigenvalue weighted by Crippen LogP contribution is -2.50. The summed E-state index contributed by atoms with van der Waals surface area (Å²) in [5.74, 6) is -3.92. The summed E-state index contributed by atoms with van der Waals surface area (Å²) in [6.07, 6.45) is 3.12. The quantitative estimate of drug-likeness (QED) is 0.114. The van der Waals surface area contributed by atoms with Gasteiger partial charge in [-0.3, -0.25) is 48.5 Å². The van der Waals surface area contributed by atoms with Crippen LogP contribution in [0, 0.1) is 0 Å². The molecule has 2 aliphatic rings. The van der Waals surface area contributed by atoms with E-state index in [9.17, 15) is 39.3 Å². The summed E-state index contributed by atoms with van der Waals surface area (Å²) < 4.78 is 0. The molecule has 290 valence electrons. The van der Waals surface area contributed by atoms with Gasteiger partial charge in [0.05, 0.1) is 32.7 Å². The second-order valence-corrected chi connectivity index (χ2v) is 14.1. The number of carboxylic acid groups (broad SMARTS) is 3. The molecule has 0 aromatic heterocycles. The molecule has 53 heavy (non-hydrogen) atoms. The first-order valence-corrected chi connectivity index (χ1v) is 18.4. The van der Waals surface area contributed by atoms with E-state index in [4.69, 9.17) is 0 Å². The van der Waals surface area contributed by atoms with E-state index in [1.54, 1.807) is 4.90 Å². The average molecular weight is 738 g/mol. The van der Waals surface area contributed by atoms with Gasteiger partial charge in [-0.15, -0.1) is 0 Å². The third kappa shape index (κ3) is 16.4. The number of carbonyl (C=O) groups excluding carboxylic acids is 2. The number of nitrogens with zero attached hydrogens (tertiary/aromatic N) is 5. The van der Waals surface area contributed by atoms with E-state index in [-0.39, 0.29) is 69.7 Å². The molecule has 15 heteroatoms. The molecule has 0 aliphatic carbocycles. The Labute approximate surface area is 311 Å². The molecule has 15 nitrogen and oxygen atoms in total. The minimum absolute atomic E-state index is 0.0189. The molecule has 5 N–H and O–H groups in total. The van der Waals surface area contributed by atoms with Crippen molar-refractivity contribution in [2.45, 2.75) is 50.9 Å². The predicted molar refractivity (Wildman–Crippen MR) is 198 cm³/mol. The van der Waals surface area contributed by atoms with Crippen LogP contribution in [0.3, 0.4) is 0 Å². The van der Waals surface area contributed by atoms with Crippen LogP contribution in [0.15, 0.2) is 60.7 Å². The molecule has 0 atom stereocenters. The Bertz CT molecular complexity index is 1350. The Morgan fingerprint density at radius 1 is 0.509 bits per heavy atom. The molecule has 0 saturated carbocycles. The van der Waals surface area contributed by atoms with Gasteiger partial charge in [0, 0.05) is 77.5 Å². The number of amides is 2. The van der Waals surface area contributed by atoms with Crippen LogP contribution in [-0.4, -0.2) is 167 Å². The Hall–Kier alpha value is -4.41. The molecular weight excluding hydrogens is 682 g/mol. The number of carboxylic acids is 3. The van der Waals surface area contributed by atoms with Crippen LogP contribution in [0.4, 0.5) is 0 Å². The van der Waals surface area contributed by atoms with Crippen molar-refractivity contribution in [3.05, 3.63) is 71.8 Å². The van der Waals surface area contributed by atoms with Crippen LogP contribution in [0.5, 0.6) is 0 Å². The zero-order chi connectivity index (χ0) is 38.0. The van der Waals surface area contributed by atoms with Gasteiger partial charge in [-0.2, -0.15) is 0 Å². The van der Waals surface area contributed by atoms with Gasteiger partial charge in [-0.05, 0) is 36.8 Å². The Kier molecular flexibility index (Phi) is 17.1. The molecular formula is C38H55N7O8. The fourth-order valence-electron chi connectivity index (χ4n) is 6.94. The first-order valence-electron chi connectivity index (χ1n) is 18.4. The lowest BCUT2D eigenvalue weighted by atomic mass is 10.0. The van der Waals surface area contributed by atoms with Crippen LogP contribution >= 0.6 is 0 Å². The molecule has 2 heterocycles. The highest BCUT2D eigenvalue weighted by Crippen LogP contribution is 2.15. The topological polar surface area (TPSA) is 186 Å². The maximum atomic E-state index is 13.0. The summed E-state index contributed by atoms with van der Waals surface area (Å²) in [6, 6.07) is 20.3. The second kappa shape index (κ2) is 22.0. The van der Waals surface area contributed by atoms with Crippen LogP contribution in [-0.2, 0) is 37.1 Å². The molecule has 0 bridgehead atoms. The van der Waals surface area contributed by atoms with Gasteiger partial charge in [0.2, 0.25) is 11.8 Å². The van der Waals surface area contributed by atoms with Crippen LogP contribution < -0.4 is 10.6 Å². The third-order valence-corrected chi connectivity index (χ3v) is 9.68. The fourth-order valence-corrected chi connectivity index (χ4v) is 6.94. The third-order valence-electron chi connectivity index (χ3n) is 9.68. The van der Waals surface area contributed by atoms with Crippen molar-refractivity contribution in [1.82, 2.24) is 35.1 Å². The average Bonchev–Trinajstić information content (AvgIpc) is 3.11. The monoisotopic (exact) mass is 737 g/mol. The van der Waals surface area contributed by atoms with Crippen LogP contribution in [0.2, 0.25) is 0 Å². The lowest BCUT2D eigenvalue weighted by Gasteiger charge is -2.33. The van der Waals surface area contributed by atoms with Gasteiger partial charge in [0.1, 0.15) is 0 Å². The molecule has 0 unspecified atom stereocenters. The number of hydrogen-bond donors (Lipinski definition) is 5. The number of hydrogen-bond acceptors (Lipinski definition) is 10. The highest BCUT2D eigenvalue weighted by Gasteiger charge is 2.25. The molecule has 2 aromatic rings. The van der Waals surface area contributed by atoms with Gasteiger partial charge in [0.25, 0.3) is 0 Å². The molecule has 0 spiro atoms. The fraction of sp³-hybridized carbons (Fsp3) is 0.553. The summed E-state index contributed by atoms with van der Waals surface area (Å²) in [5, 5.41) is 34.7. The number of nitrogens with one attached hydrogen (secondary N) is 2. The van der Waals surface area contributed by atoms with E-state index >= 15 is 0 Å². The van der Waals surface area contributed by atoms with E-state index in [0.29, 0.717) is 0 Å². The van der Waals surface area contributed by atoms with Gasteiger partial charge in [-0.25, -0.2) is 0 Å². The van der Waals surface area contributed by atoms with Crippen molar-refractivity contribution < 1.29 is 39.3 Å². The highest BCUT2D eigenvalue weighted by atomic mass is 16.4. The SMILES string of the molecule is O=C(O)CN(CCN(CC(=O)O)CC(=O)NC1CCN(Cc2ccccc2)CC1)CCN(CC(=O)O)CC(=O)NC1CCN(Cc2ccccc2)CC1. The first-order chi connectivity index (χ1) is 25.5. The molecule has 2 fully saturated rings. The first kappa shape index (κ1) is 41.3. The smallest absolute Gasteiger partial charge is 0.317 e. The Morgan fingerprint density at radius 3 is 1.17 bits per heavy atom. The highest BCUT2D eigenvalue weighted by molar-refractivity contribution is 5.80. The van der Waals surface area contributed by atoms with E-state index in [1.165, 1.54) is 20.9 Å². The van der Waals surface area contributed by atoms with Crippen molar-refractivity contribution in [3.63, 3.8) is 0 Å². The minimum atomic E-state index is -1.11. The lowest BCUT2D eigenvalue weighted by molar-refractivity contribution is -0.141. The van der Waals surface area contributed by atoms with Crippen molar-refractivity contribution >= 4 is 29.7 Å². The van der Waals surface area contributed by atoms with Crippen molar-refractivity contribution in [2.75, 3.05) is 85.1 Å². The molecule has 2 aliphatic heterocycles. The molecule has 2 aromatic carbocycles.